The van der Waals surface area contributed by atoms with Crippen molar-refractivity contribution in [3.63, 3.8) is 0 Å². The number of rotatable bonds is 4. The maximum absolute atomic E-state index is 6.13. The van der Waals surface area contributed by atoms with Gasteiger partial charge in [0.1, 0.15) is 5.75 Å². The lowest BCUT2D eigenvalue weighted by atomic mass is 9.72. The van der Waals surface area contributed by atoms with E-state index < -0.39 is 0 Å². The zero-order valence-electron chi connectivity index (χ0n) is 12.4. The average Bonchev–Trinajstić information content (AvgIpc) is 2.47. The Hall–Kier alpha value is -1.06. The van der Waals surface area contributed by atoms with Crippen LogP contribution in [0.25, 0.3) is 0 Å². The fourth-order valence-corrected chi connectivity index (χ4v) is 3.04. The van der Waals surface area contributed by atoms with Crippen LogP contribution in [0.5, 0.6) is 5.75 Å². The first-order chi connectivity index (χ1) is 9.15. The van der Waals surface area contributed by atoms with Gasteiger partial charge in [-0.1, -0.05) is 19.1 Å². The average molecular weight is 262 g/mol. The fourth-order valence-electron chi connectivity index (χ4n) is 3.04. The van der Waals surface area contributed by atoms with Crippen LogP contribution in [0, 0.1) is 0 Å². The van der Waals surface area contributed by atoms with Gasteiger partial charge in [-0.3, -0.25) is 0 Å². The van der Waals surface area contributed by atoms with Crippen molar-refractivity contribution in [2.45, 2.75) is 31.6 Å². The van der Waals surface area contributed by atoms with E-state index in [1.54, 1.807) is 7.11 Å². The second-order valence-electron chi connectivity index (χ2n) is 5.67. The Bertz CT molecular complexity index is 423. The highest BCUT2D eigenvalue weighted by Gasteiger charge is 2.34. The van der Waals surface area contributed by atoms with E-state index in [0.717, 1.165) is 44.6 Å². The molecule has 3 heteroatoms. The number of nitrogens with zero attached hydrogens (tertiary/aromatic N) is 1. The third kappa shape index (κ3) is 2.77. The number of benzene rings is 1. The number of nitrogens with two attached hydrogens (primary N) is 1. The number of hydrogen-bond acceptors (Lipinski definition) is 3. The first-order valence-electron chi connectivity index (χ1n) is 7.21. The molecular weight excluding hydrogens is 236 g/mol. The molecule has 1 aliphatic heterocycles. The summed E-state index contributed by atoms with van der Waals surface area (Å²) in [6.45, 7) is 5.16. The predicted molar refractivity (Wildman–Crippen MR) is 79.8 cm³/mol. The molecule has 1 aliphatic rings. The van der Waals surface area contributed by atoms with E-state index in [1.807, 2.05) is 0 Å². The van der Waals surface area contributed by atoms with Crippen molar-refractivity contribution >= 4 is 0 Å². The van der Waals surface area contributed by atoms with Crippen molar-refractivity contribution in [3.05, 3.63) is 29.3 Å². The summed E-state index contributed by atoms with van der Waals surface area (Å²) in [7, 11) is 3.92. The predicted octanol–water partition coefficient (Wildman–Crippen LogP) is 2.18. The topological polar surface area (TPSA) is 38.5 Å². The maximum Gasteiger partial charge on any atom is 0.122 e. The van der Waals surface area contributed by atoms with Gasteiger partial charge in [-0.2, -0.15) is 0 Å². The molecule has 1 heterocycles. The lowest BCUT2D eigenvalue weighted by Crippen LogP contribution is -2.45. The molecule has 0 aromatic heterocycles. The number of hydrogen-bond donors (Lipinski definition) is 1. The lowest BCUT2D eigenvalue weighted by molar-refractivity contribution is 0.191. The third-order valence-corrected chi connectivity index (χ3v) is 4.61. The zero-order valence-corrected chi connectivity index (χ0v) is 12.4. The minimum absolute atomic E-state index is 0.155. The summed E-state index contributed by atoms with van der Waals surface area (Å²) in [5, 5.41) is 0. The molecule has 0 spiro atoms. The van der Waals surface area contributed by atoms with Crippen LogP contribution in [-0.4, -0.2) is 38.7 Å². The third-order valence-electron chi connectivity index (χ3n) is 4.61. The van der Waals surface area contributed by atoms with Crippen LogP contribution in [0.3, 0.4) is 0 Å². The molecule has 1 fully saturated rings. The van der Waals surface area contributed by atoms with Gasteiger partial charge >= 0.3 is 0 Å². The second-order valence-corrected chi connectivity index (χ2v) is 5.67. The van der Waals surface area contributed by atoms with Crippen LogP contribution in [0.4, 0.5) is 0 Å². The Kier molecular flexibility index (Phi) is 4.48. The summed E-state index contributed by atoms with van der Waals surface area (Å²) in [5.41, 5.74) is 8.96. The molecule has 106 valence electrons. The van der Waals surface area contributed by atoms with E-state index in [9.17, 15) is 0 Å². The molecule has 0 saturated carbocycles. The highest BCUT2D eigenvalue weighted by atomic mass is 16.5. The van der Waals surface area contributed by atoms with Gasteiger partial charge in [-0.05, 0) is 56.6 Å². The monoisotopic (exact) mass is 262 g/mol. The largest absolute Gasteiger partial charge is 0.496 e. The SMILES string of the molecule is CCc1cc(C2(CN)CCN(C)CC2)ccc1OC. The van der Waals surface area contributed by atoms with E-state index in [0.29, 0.717) is 0 Å². The molecule has 0 aliphatic carbocycles. The molecule has 1 aromatic rings. The first kappa shape index (κ1) is 14.4. The molecule has 0 amide bonds. The molecule has 2 rings (SSSR count). The highest BCUT2D eigenvalue weighted by molar-refractivity contribution is 5.41. The van der Waals surface area contributed by atoms with Gasteiger partial charge in [-0.25, -0.2) is 0 Å². The summed E-state index contributed by atoms with van der Waals surface area (Å²) in [6, 6.07) is 6.61. The van der Waals surface area contributed by atoms with Gasteiger partial charge in [0, 0.05) is 12.0 Å². The molecule has 0 radical (unpaired) electrons. The molecule has 19 heavy (non-hydrogen) atoms. The fraction of sp³-hybridized carbons (Fsp3) is 0.625. The number of ether oxygens (including phenoxy) is 1. The van der Waals surface area contributed by atoms with Crippen LogP contribution in [-0.2, 0) is 11.8 Å². The Morgan fingerprint density at radius 3 is 2.53 bits per heavy atom. The van der Waals surface area contributed by atoms with E-state index in [4.69, 9.17) is 10.5 Å². The Morgan fingerprint density at radius 2 is 2.00 bits per heavy atom. The van der Waals surface area contributed by atoms with Crippen LogP contribution in [0.15, 0.2) is 18.2 Å². The van der Waals surface area contributed by atoms with E-state index in [-0.39, 0.29) is 5.41 Å². The molecule has 0 unspecified atom stereocenters. The molecule has 0 atom stereocenters. The van der Waals surface area contributed by atoms with Crippen LogP contribution >= 0.6 is 0 Å². The van der Waals surface area contributed by atoms with Crippen LogP contribution in [0.1, 0.15) is 30.9 Å². The van der Waals surface area contributed by atoms with Crippen molar-refractivity contribution in [3.8, 4) is 5.75 Å². The van der Waals surface area contributed by atoms with Crippen LogP contribution < -0.4 is 10.5 Å². The van der Waals surface area contributed by atoms with Crippen molar-refractivity contribution in [1.29, 1.82) is 0 Å². The van der Waals surface area contributed by atoms with E-state index >= 15 is 0 Å². The van der Waals surface area contributed by atoms with E-state index in [1.165, 1.54) is 11.1 Å². The number of methoxy groups -OCH3 is 1. The van der Waals surface area contributed by atoms with Crippen molar-refractivity contribution in [2.75, 3.05) is 33.8 Å². The summed E-state index contributed by atoms with van der Waals surface area (Å²) in [6.07, 6.45) is 3.29. The molecule has 0 bridgehead atoms. The number of aryl methyl sites for hydroxylation is 1. The summed E-state index contributed by atoms with van der Waals surface area (Å²) in [4.78, 5) is 2.39. The van der Waals surface area contributed by atoms with Gasteiger partial charge in [0.25, 0.3) is 0 Å². The number of piperidine rings is 1. The molecule has 3 nitrogen and oxygen atoms in total. The minimum Gasteiger partial charge on any atom is -0.496 e. The van der Waals surface area contributed by atoms with E-state index in [2.05, 4.69) is 37.1 Å². The smallest absolute Gasteiger partial charge is 0.122 e. The Labute approximate surface area is 116 Å². The molecule has 2 N–H and O–H groups in total. The second kappa shape index (κ2) is 5.93. The Balaban J connectivity index is 2.33. The zero-order chi connectivity index (χ0) is 13.9. The van der Waals surface area contributed by atoms with Crippen LogP contribution in [0.2, 0.25) is 0 Å². The molecule has 1 aromatic carbocycles. The number of likely N-dealkylation sites (tertiary alicyclic amines) is 1. The normalized spacial score (nSPS) is 19.4. The molecular formula is C16H26N2O. The maximum atomic E-state index is 6.13. The highest BCUT2D eigenvalue weighted by Crippen LogP contribution is 2.36. The van der Waals surface area contributed by atoms with Crippen molar-refractivity contribution in [1.82, 2.24) is 4.90 Å². The standard InChI is InChI=1S/C16H26N2O/c1-4-13-11-14(5-6-15(13)19-3)16(12-17)7-9-18(2)10-8-16/h5-6,11H,4,7-10,12,17H2,1-3H3. The summed E-state index contributed by atoms with van der Waals surface area (Å²) in [5.74, 6) is 0.992. The summed E-state index contributed by atoms with van der Waals surface area (Å²) >= 11 is 0. The first-order valence-corrected chi connectivity index (χ1v) is 7.21. The van der Waals surface area contributed by atoms with Gasteiger partial charge in [0.05, 0.1) is 7.11 Å². The quantitative estimate of drug-likeness (QED) is 0.904. The lowest BCUT2D eigenvalue weighted by Gasteiger charge is -2.40. The summed E-state index contributed by atoms with van der Waals surface area (Å²) < 4.78 is 5.42. The Morgan fingerprint density at radius 1 is 1.32 bits per heavy atom. The van der Waals surface area contributed by atoms with Gasteiger partial charge in [0.2, 0.25) is 0 Å². The van der Waals surface area contributed by atoms with Crippen molar-refractivity contribution < 1.29 is 4.74 Å². The van der Waals surface area contributed by atoms with Gasteiger partial charge in [0.15, 0.2) is 0 Å². The van der Waals surface area contributed by atoms with Crippen molar-refractivity contribution in [2.24, 2.45) is 5.73 Å². The minimum atomic E-state index is 0.155. The van der Waals surface area contributed by atoms with Gasteiger partial charge < -0.3 is 15.4 Å². The molecule has 1 saturated heterocycles. The van der Waals surface area contributed by atoms with Gasteiger partial charge in [-0.15, -0.1) is 0 Å².